The highest BCUT2D eigenvalue weighted by atomic mass is 16.5. The van der Waals surface area contributed by atoms with Crippen LogP contribution >= 0.6 is 0 Å². The van der Waals surface area contributed by atoms with Gasteiger partial charge in [-0.3, -0.25) is 4.98 Å². The van der Waals surface area contributed by atoms with E-state index >= 15 is 0 Å². The number of rotatable bonds is 4. The van der Waals surface area contributed by atoms with Gasteiger partial charge in [0.15, 0.2) is 0 Å². The Morgan fingerprint density at radius 3 is 2.52 bits per heavy atom. The summed E-state index contributed by atoms with van der Waals surface area (Å²) in [4.78, 5) is 4.13. The number of nitrogens with two attached hydrogens (primary N) is 1. The minimum absolute atomic E-state index is 0.0194. The van der Waals surface area contributed by atoms with Gasteiger partial charge in [-0.05, 0) is 29.5 Å². The van der Waals surface area contributed by atoms with Crippen LogP contribution in [-0.4, -0.2) is 4.98 Å². The number of pyridine rings is 1. The molecule has 3 heteroatoms. The molecule has 0 fully saturated rings. The van der Waals surface area contributed by atoms with Gasteiger partial charge in [0.05, 0.1) is 6.20 Å². The van der Waals surface area contributed by atoms with Crippen molar-refractivity contribution >= 4 is 0 Å². The lowest BCUT2D eigenvalue weighted by molar-refractivity contribution is 0.448. The van der Waals surface area contributed by atoms with Crippen LogP contribution < -0.4 is 10.5 Å². The van der Waals surface area contributed by atoms with Gasteiger partial charge in [-0.25, -0.2) is 0 Å². The molecule has 112 valence electrons. The van der Waals surface area contributed by atoms with E-state index < -0.39 is 0 Å². The Morgan fingerprint density at radius 1 is 1.14 bits per heavy atom. The van der Waals surface area contributed by atoms with Crippen molar-refractivity contribution in [2.75, 3.05) is 0 Å². The minimum Gasteiger partial charge on any atom is -0.455 e. The van der Waals surface area contributed by atoms with Gasteiger partial charge in [-0.2, -0.15) is 0 Å². The zero-order chi connectivity index (χ0) is 15.5. The van der Waals surface area contributed by atoms with Crippen molar-refractivity contribution in [1.29, 1.82) is 0 Å². The number of aryl methyl sites for hydroxylation is 1. The Hall–Kier alpha value is -1.87. The SMILES string of the molecule is CCc1ccc(Oc2cnccc2CN)c(C(C)(C)C)c1. The summed E-state index contributed by atoms with van der Waals surface area (Å²) < 4.78 is 6.12. The smallest absolute Gasteiger partial charge is 0.150 e. The molecule has 0 saturated carbocycles. The van der Waals surface area contributed by atoms with E-state index in [2.05, 4.69) is 44.8 Å². The topological polar surface area (TPSA) is 48.1 Å². The molecule has 2 N–H and O–H groups in total. The lowest BCUT2D eigenvalue weighted by Gasteiger charge is -2.24. The first-order valence-corrected chi connectivity index (χ1v) is 7.40. The normalized spacial score (nSPS) is 11.5. The molecule has 0 aliphatic heterocycles. The Bertz CT molecular complexity index is 615. The zero-order valence-corrected chi connectivity index (χ0v) is 13.3. The summed E-state index contributed by atoms with van der Waals surface area (Å²) in [5.41, 5.74) is 9.27. The average molecular weight is 284 g/mol. The maximum atomic E-state index is 6.12. The van der Waals surface area contributed by atoms with E-state index in [0.29, 0.717) is 6.54 Å². The fourth-order valence-corrected chi connectivity index (χ4v) is 2.26. The first kappa shape index (κ1) is 15.5. The Labute approximate surface area is 127 Å². The van der Waals surface area contributed by atoms with Crippen LogP contribution in [0.5, 0.6) is 11.5 Å². The summed E-state index contributed by atoms with van der Waals surface area (Å²) in [6.45, 7) is 9.19. The summed E-state index contributed by atoms with van der Waals surface area (Å²) in [6, 6.07) is 8.29. The molecule has 1 aromatic carbocycles. The maximum Gasteiger partial charge on any atom is 0.150 e. The Morgan fingerprint density at radius 2 is 1.90 bits per heavy atom. The minimum atomic E-state index is 0.0194. The van der Waals surface area contributed by atoms with E-state index in [-0.39, 0.29) is 5.41 Å². The highest BCUT2D eigenvalue weighted by Gasteiger charge is 2.20. The number of hydrogen-bond donors (Lipinski definition) is 1. The predicted molar refractivity (Wildman–Crippen MR) is 86.7 cm³/mol. The number of hydrogen-bond acceptors (Lipinski definition) is 3. The van der Waals surface area contributed by atoms with Gasteiger partial charge in [-0.1, -0.05) is 39.8 Å². The molecule has 0 aliphatic carbocycles. The molecule has 0 spiro atoms. The molecular formula is C18H24N2O. The van der Waals surface area contributed by atoms with Gasteiger partial charge >= 0.3 is 0 Å². The van der Waals surface area contributed by atoms with Gasteiger partial charge in [0.25, 0.3) is 0 Å². The van der Waals surface area contributed by atoms with Gasteiger partial charge in [0.1, 0.15) is 11.5 Å². The molecule has 0 bridgehead atoms. The molecule has 2 aromatic rings. The fourth-order valence-electron chi connectivity index (χ4n) is 2.26. The summed E-state index contributed by atoms with van der Waals surface area (Å²) in [5, 5.41) is 0. The van der Waals surface area contributed by atoms with Crippen LogP contribution in [0.3, 0.4) is 0 Å². The molecule has 0 amide bonds. The third-order valence-electron chi connectivity index (χ3n) is 3.57. The molecule has 1 aromatic heterocycles. The van der Waals surface area contributed by atoms with Crippen LogP contribution in [0.1, 0.15) is 44.4 Å². The first-order valence-electron chi connectivity index (χ1n) is 7.40. The summed E-state index contributed by atoms with van der Waals surface area (Å²) >= 11 is 0. The van der Waals surface area contributed by atoms with Crippen molar-refractivity contribution in [3.05, 3.63) is 53.3 Å². The van der Waals surface area contributed by atoms with Crippen molar-refractivity contribution in [1.82, 2.24) is 4.98 Å². The maximum absolute atomic E-state index is 6.12. The van der Waals surface area contributed by atoms with Crippen molar-refractivity contribution < 1.29 is 4.74 Å². The third-order valence-corrected chi connectivity index (χ3v) is 3.57. The average Bonchev–Trinajstić information content (AvgIpc) is 2.47. The molecular weight excluding hydrogens is 260 g/mol. The van der Waals surface area contributed by atoms with Crippen molar-refractivity contribution in [2.24, 2.45) is 5.73 Å². The van der Waals surface area contributed by atoms with Crippen LogP contribution in [0.2, 0.25) is 0 Å². The van der Waals surface area contributed by atoms with Crippen molar-refractivity contribution in [2.45, 2.75) is 46.1 Å². The zero-order valence-electron chi connectivity index (χ0n) is 13.3. The first-order chi connectivity index (χ1) is 9.95. The van der Waals surface area contributed by atoms with Gasteiger partial charge in [0, 0.05) is 23.9 Å². The van der Waals surface area contributed by atoms with Gasteiger partial charge in [-0.15, -0.1) is 0 Å². The molecule has 0 aliphatic rings. The highest BCUT2D eigenvalue weighted by Crippen LogP contribution is 2.35. The van der Waals surface area contributed by atoms with E-state index in [1.54, 1.807) is 12.4 Å². The second kappa shape index (κ2) is 6.27. The summed E-state index contributed by atoms with van der Waals surface area (Å²) in [7, 11) is 0. The summed E-state index contributed by atoms with van der Waals surface area (Å²) in [6.07, 6.45) is 4.48. The van der Waals surface area contributed by atoms with Crippen LogP contribution in [0.25, 0.3) is 0 Å². The van der Waals surface area contributed by atoms with Crippen LogP contribution in [0.15, 0.2) is 36.7 Å². The van der Waals surface area contributed by atoms with Crippen LogP contribution in [0.4, 0.5) is 0 Å². The van der Waals surface area contributed by atoms with Crippen molar-refractivity contribution in [3.8, 4) is 11.5 Å². The Kier molecular flexibility index (Phi) is 4.63. The number of aromatic nitrogens is 1. The van der Waals surface area contributed by atoms with E-state index in [1.165, 1.54) is 11.1 Å². The predicted octanol–water partition coefficient (Wildman–Crippen LogP) is 4.19. The monoisotopic (exact) mass is 284 g/mol. The molecule has 0 radical (unpaired) electrons. The quantitative estimate of drug-likeness (QED) is 0.915. The third kappa shape index (κ3) is 3.61. The second-order valence-electron chi connectivity index (χ2n) is 6.22. The number of ether oxygens (including phenoxy) is 1. The molecule has 2 rings (SSSR count). The van der Waals surface area contributed by atoms with E-state index in [9.17, 15) is 0 Å². The molecule has 3 nitrogen and oxygen atoms in total. The highest BCUT2D eigenvalue weighted by molar-refractivity contribution is 5.45. The second-order valence-corrected chi connectivity index (χ2v) is 6.22. The molecule has 0 atom stereocenters. The summed E-state index contributed by atoms with van der Waals surface area (Å²) in [5.74, 6) is 1.61. The van der Waals surface area contributed by atoms with E-state index in [1.807, 2.05) is 12.1 Å². The largest absolute Gasteiger partial charge is 0.455 e. The van der Waals surface area contributed by atoms with Crippen LogP contribution in [0, 0.1) is 0 Å². The van der Waals surface area contributed by atoms with Crippen LogP contribution in [-0.2, 0) is 18.4 Å². The van der Waals surface area contributed by atoms with Crippen molar-refractivity contribution in [3.63, 3.8) is 0 Å². The Balaban J connectivity index is 2.44. The molecule has 21 heavy (non-hydrogen) atoms. The van der Waals surface area contributed by atoms with E-state index in [4.69, 9.17) is 10.5 Å². The molecule has 0 unspecified atom stereocenters. The molecule has 0 saturated heterocycles. The van der Waals surface area contributed by atoms with Gasteiger partial charge in [0.2, 0.25) is 0 Å². The lowest BCUT2D eigenvalue weighted by Crippen LogP contribution is -2.13. The lowest BCUT2D eigenvalue weighted by atomic mass is 9.85. The number of benzene rings is 1. The fraction of sp³-hybridized carbons (Fsp3) is 0.389. The standard InChI is InChI=1S/C18H24N2O/c1-5-13-6-7-16(15(10-13)18(2,3)4)21-17-12-20-9-8-14(17)11-19/h6-10,12H,5,11,19H2,1-4H3. The van der Waals surface area contributed by atoms with E-state index in [0.717, 1.165) is 23.5 Å². The van der Waals surface area contributed by atoms with Gasteiger partial charge < -0.3 is 10.5 Å². The number of nitrogens with zero attached hydrogens (tertiary/aromatic N) is 1. The molecule has 1 heterocycles.